The van der Waals surface area contributed by atoms with Crippen LogP contribution in [-0.2, 0) is 42.9 Å². The van der Waals surface area contributed by atoms with Crippen molar-refractivity contribution in [3.05, 3.63) is 59.8 Å². The first-order chi connectivity index (χ1) is 35.7. The van der Waals surface area contributed by atoms with E-state index in [1.807, 2.05) is 57.2 Å². The third kappa shape index (κ3) is 19.7. The van der Waals surface area contributed by atoms with Gasteiger partial charge in [0.25, 0.3) is 11.7 Å². The third-order valence-corrected chi connectivity index (χ3v) is 16.8. The lowest BCUT2D eigenvalue weighted by Gasteiger charge is -2.42. The van der Waals surface area contributed by atoms with Crippen LogP contribution in [0.2, 0.25) is 0 Å². The number of aliphatic hydroxyl groups excluding tert-OH is 2. The minimum absolute atomic E-state index is 0.0252. The molecule has 0 spiro atoms. The van der Waals surface area contributed by atoms with Gasteiger partial charge in [-0.05, 0) is 125 Å². The largest absolute Gasteiger partial charge is 0.390 e. The molecule has 2 saturated carbocycles. The van der Waals surface area contributed by atoms with Gasteiger partial charge >= 0.3 is 0 Å². The average Bonchev–Trinajstić information content (AvgIpc) is 3.40. The number of methoxy groups -OCH3 is 3. The predicted octanol–water partition coefficient (Wildman–Crippen LogP) is 9.29. The van der Waals surface area contributed by atoms with Crippen LogP contribution in [0.5, 0.6) is 0 Å². The number of hydrogen-bond acceptors (Lipinski definition) is 12. The Morgan fingerprint density at radius 1 is 0.800 bits per heavy atom. The number of ether oxygens (including phenoxy) is 4. The molecule has 424 valence electrons. The number of rotatable bonds is 29. The highest BCUT2D eigenvalue weighted by Crippen LogP contribution is 2.37. The van der Waals surface area contributed by atoms with Crippen LogP contribution in [0.1, 0.15) is 170 Å². The fourth-order valence-electron chi connectivity index (χ4n) is 11.9. The summed E-state index contributed by atoms with van der Waals surface area (Å²) in [6.45, 7) is 13.9. The van der Waals surface area contributed by atoms with Crippen LogP contribution in [0.25, 0.3) is 0 Å². The van der Waals surface area contributed by atoms with Crippen molar-refractivity contribution < 1.29 is 58.2 Å². The second kappa shape index (κ2) is 32.3. The maximum Gasteiger partial charge on any atom is 0.296 e. The van der Waals surface area contributed by atoms with E-state index in [0.717, 1.165) is 56.4 Å². The molecule has 14 nitrogen and oxygen atoms in total. The molecule has 0 radical (unpaired) electrons. The zero-order valence-electron chi connectivity index (χ0n) is 47.5. The monoisotopic (exact) mass is 1050 g/mol. The van der Waals surface area contributed by atoms with Crippen molar-refractivity contribution in [1.82, 2.24) is 10.2 Å². The smallest absolute Gasteiger partial charge is 0.296 e. The number of ketones is 3. The zero-order chi connectivity index (χ0) is 55.2. The number of hydrogen-bond donors (Lipinski definition) is 4. The molecule has 75 heavy (non-hydrogen) atoms. The number of unbranched alkanes of at least 4 members (excludes halogenated alkanes) is 1. The molecule has 4 rings (SSSR count). The molecule has 0 aromatic carbocycles. The second-order valence-electron chi connectivity index (χ2n) is 23.0. The van der Waals surface area contributed by atoms with E-state index in [9.17, 15) is 39.3 Å². The molecule has 0 aromatic rings. The van der Waals surface area contributed by atoms with Crippen LogP contribution in [-0.4, -0.2) is 132 Å². The normalized spacial score (nSPS) is 28.5. The van der Waals surface area contributed by atoms with Crippen LogP contribution < -0.4 is 5.32 Å². The molecule has 4 N–H and O–H groups in total. The summed E-state index contributed by atoms with van der Waals surface area (Å²) >= 11 is 0. The lowest BCUT2D eigenvalue weighted by molar-refractivity contribution is -0.265. The third-order valence-electron chi connectivity index (χ3n) is 16.8. The van der Waals surface area contributed by atoms with E-state index in [1.165, 1.54) is 50.5 Å². The molecule has 14 heteroatoms. The molecule has 2 amide bonds. The second-order valence-corrected chi connectivity index (χ2v) is 23.0. The van der Waals surface area contributed by atoms with E-state index in [0.29, 0.717) is 56.6 Å². The van der Waals surface area contributed by atoms with Gasteiger partial charge in [-0.25, -0.2) is 0 Å². The molecule has 14 atom stereocenters. The van der Waals surface area contributed by atoms with Crippen molar-refractivity contribution in [3.8, 4) is 0 Å². The lowest BCUT2D eigenvalue weighted by Crippen LogP contribution is -2.61. The minimum atomic E-state index is -2.33. The fourth-order valence-corrected chi connectivity index (χ4v) is 11.9. The molecule has 4 aliphatic rings. The number of piperidine rings is 1. The Kier molecular flexibility index (Phi) is 27.5. The van der Waals surface area contributed by atoms with E-state index in [1.54, 1.807) is 47.1 Å². The van der Waals surface area contributed by atoms with Gasteiger partial charge in [0.1, 0.15) is 18.2 Å². The van der Waals surface area contributed by atoms with Crippen molar-refractivity contribution in [2.24, 2.45) is 41.4 Å². The number of aliphatic hydroxyl groups is 3. The summed E-state index contributed by atoms with van der Waals surface area (Å²) in [6.07, 6.45) is 27.9. The van der Waals surface area contributed by atoms with Crippen LogP contribution in [0.4, 0.5) is 0 Å². The molecule has 0 aromatic heterocycles. The first-order valence-electron chi connectivity index (χ1n) is 28.7. The Labute approximate surface area is 450 Å². The molecule has 2 aliphatic carbocycles. The standard InChI is InChI=1S/C61H98N2O12/c1-40(35-44(5)55(66)57(74-10)56(67)45(6)37-43(4)51(64)31-27-41(2)36-48-29-32-52(65)54(38-48)73-9)21-13-11-14-22-42(3)53(72-8)39-49-30-28-46(7)61(71,75-49)58(68)60(70)63-34-20-18-26-50(63)59(69)62-33-19-17-25-47-23-15-12-16-24-47/h11,13-14,21-22,27,31,37,40-41,43-44,46-50,52-54,56-57,65,67,71H,12,15-20,23-26,28-30,32-36,38-39H2,1-10H3,(H,62,69)/b14-11+,21-13+,31-27+,42-22+,45-37+/t40-,41+,43-,44-,46-,48+,49+,50+,52-,53+,54-,56-,57+,61-/m1/s1. The fraction of sp³-hybridized carbons (Fsp3) is 0.754. The number of carbonyl (C=O) groups excluding carboxylic acids is 5. The van der Waals surface area contributed by atoms with Crippen molar-refractivity contribution in [1.29, 1.82) is 0 Å². The molecule has 2 heterocycles. The highest BCUT2D eigenvalue weighted by molar-refractivity contribution is 6.39. The van der Waals surface area contributed by atoms with Gasteiger partial charge in [-0.2, -0.15) is 0 Å². The highest BCUT2D eigenvalue weighted by atomic mass is 16.6. The van der Waals surface area contributed by atoms with Crippen LogP contribution in [0, 0.1) is 41.4 Å². The zero-order valence-corrected chi connectivity index (χ0v) is 47.5. The summed E-state index contributed by atoms with van der Waals surface area (Å²) < 4.78 is 23.0. The van der Waals surface area contributed by atoms with Crippen molar-refractivity contribution in [2.45, 2.75) is 219 Å². The Morgan fingerprint density at radius 2 is 1.52 bits per heavy atom. The Bertz CT molecular complexity index is 1970. The van der Waals surface area contributed by atoms with Crippen molar-refractivity contribution in [2.75, 3.05) is 34.4 Å². The molecular formula is C61H98N2O12. The summed E-state index contributed by atoms with van der Waals surface area (Å²) in [5.41, 5.74) is 1.39. The number of nitrogens with zero attached hydrogens (tertiary/aromatic N) is 1. The topological polar surface area (TPSA) is 198 Å². The Morgan fingerprint density at radius 3 is 2.21 bits per heavy atom. The van der Waals surface area contributed by atoms with E-state index in [-0.39, 0.29) is 42.0 Å². The van der Waals surface area contributed by atoms with Gasteiger partial charge in [-0.3, -0.25) is 24.0 Å². The van der Waals surface area contributed by atoms with Gasteiger partial charge in [0.2, 0.25) is 11.7 Å². The first-order valence-corrected chi connectivity index (χ1v) is 28.7. The van der Waals surface area contributed by atoms with Crippen molar-refractivity contribution >= 4 is 29.2 Å². The number of Topliss-reactive ketones (excluding diaryl/α,β-unsaturated/α-hetero) is 2. The summed E-state index contributed by atoms with van der Waals surface area (Å²) in [5, 5.41) is 36.2. The summed E-state index contributed by atoms with van der Waals surface area (Å²) in [5.74, 6) is -4.93. The average molecular weight is 1050 g/mol. The predicted molar refractivity (Wildman–Crippen MR) is 293 cm³/mol. The van der Waals surface area contributed by atoms with Crippen LogP contribution in [0.15, 0.2) is 59.8 Å². The van der Waals surface area contributed by atoms with Gasteiger partial charge in [-0.15, -0.1) is 0 Å². The van der Waals surface area contributed by atoms with Gasteiger partial charge in [-0.1, -0.05) is 122 Å². The molecule has 0 unspecified atom stereocenters. The summed E-state index contributed by atoms with van der Waals surface area (Å²) in [4.78, 5) is 69.2. The van der Waals surface area contributed by atoms with E-state index < -0.39 is 71.8 Å². The summed E-state index contributed by atoms with van der Waals surface area (Å²) in [7, 11) is 4.64. The Balaban J connectivity index is 1.23. The van der Waals surface area contributed by atoms with E-state index in [2.05, 4.69) is 12.2 Å². The van der Waals surface area contributed by atoms with Crippen LogP contribution >= 0.6 is 0 Å². The summed E-state index contributed by atoms with van der Waals surface area (Å²) in [6, 6.07) is -0.762. The quantitative estimate of drug-likeness (QED) is 0.0182. The molecule has 4 fully saturated rings. The van der Waals surface area contributed by atoms with E-state index >= 15 is 0 Å². The van der Waals surface area contributed by atoms with Gasteiger partial charge < -0.3 is 44.5 Å². The van der Waals surface area contributed by atoms with Crippen LogP contribution in [0.3, 0.4) is 0 Å². The first kappa shape index (κ1) is 63.9. The maximum absolute atomic E-state index is 13.9. The molecular weight excluding hydrogens is 953 g/mol. The number of nitrogens with one attached hydrogen (secondary N) is 1. The SMILES string of the molecule is CO[C@@H](C[C@@H]1CC[C@@H](C)[C@](O)(C(=O)C(=O)N2CCCC[C@H]2C(=O)NCCCCC2CCCCC2)O1)/C(C)=C/C=C/C=C/[C@@H](C)C[C@@H](C)C(=O)[C@H](OC)[C@H](O)/C(C)=C/[C@@H](C)C(=O)/C=C/[C@H](C)C[C@@H]1CC[C@@H](O)[C@H](OC)C1. The molecule has 0 bridgehead atoms. The van der Waals surface area contributed by atoms with Crippen molar-refractivity contribution in [3.63, 3.8) is 0 Å². The number of amides is 2. The molecule has 2 saturated heterocycles. The number of likely N-dealkylation sites (tertiary alicyclic amines) is 1. The lowest BCUT2D eigenvalue weighted by atomic mass is 9.80. The number of allylic oxidation sites excluding steroid dienone is 8. The maximum atomic E-state index is 13.9. The number of carbonyl (C=O) groups is 5. The highest BCUT2D eigenvalue weighted by Gasteiger charge is 2.53. The van der Waals surface area contributed by atoms with Gasteiger partial charge in [0.05, 0.1) is 24.4 Å². The van der Waals surface area contributed by atoms with E-state index in [4.69, 9.17) is 18.9 Å². The Hall–Kier alpha value is -3.63. The van der Waals surface area contributed by atoms with Gasteiger partial charge in [0.15, 0.2) is 11.6 Å². The molecule has 2 aliphatic heterocycles. The van der Waals surface area contributed by atoms with Gasteiger partial charge in [0, 0.05) is 58.6 Å². The minimum Gasteiger partial charge on any atom is -0.390 e.